The number of aromatic amines is 1. The molecule has 0 saturated carbocycles. The zero-order valence-electron chi connectivity index (χ0n) is 7.11. The van der Waals surface area contributed by atoms with E-state index < -0.39 is 0 Å². The van der Waals surface area contributed by atoms with Gasteiger partial charge in [-0.3, -0.25) is 0 Å². The number of nitrogens with one attached hydrogen (secondary N) is 1. The van der Waals surface area contributed by atoms with E-state index in [0.29, 0.717) is 0 Å². The maximum atomic E-state index is 3.36. The topological polar surface area (TPSA) is 15.8 Å². The molecule has 0 amide bonds. The van der Waals surface area contributed by atoms with E-state index in [1.54, 1.807) is 0 Å². The Labute approximate surface area is 85.3 Å². The van der Waals surface area contributed by atoms with E-state index in [1.165, 1.54) is 25.7 Å². The molecule has 0 aliphatic rings. The van der Waals surface area contributed by atoms with Crippen molar-refractivity contribution in [2.75, 3.05) is 0 Å². The van der Waals surface area contributed by atoms with Gasteiger partial charge in [-0.15, -0.1) is 0 Å². The lowest BCUT2D eigenvalue weighted by Gasteiger charge is -1.98. The first-order chi connectivity index (χ1) is 5.68. The smallest absolute Gasteiger partial charge is 0.0496 e. The van der Waals surface area contributed by atoms with Crippen LogP contribution >= 0.6 is 22.6 Å². The molecule has 1 N–H and O–H groups in total. The number of halogens is 1. The first-order valence-corrected chi connectivity index (χ1v) is 5.01. The largest absolute Gasteiger partial charge is 0.358 e. The molecule has 2 aromatic rings. The first-order valence-electron chi connectivity index (χ1n) is 3.93. The molecule has 0 saturated heterocycles. The van der Waals surface area contributed by atoms with Gasteiger partial charge in [0.15, 0.2) is 0 Å². The van der Waals surface area contributed by atoms with Crippen LogP contribution in [0.4, 0.5) is 0 Å². The predicted molar refractivity (Wildman–Crippen MR) is 60.5 cm³/mol. The Bertz CT molecular complexity index is 429. The van der Waals surface area contributed by atoms with Crippen LogP contribution in [0, 0.1) is 17.4 Å². The van der Waals surface area contributed by atoms with Crippen LogP contribution in [-0.2, 0) is 0 Å². The van der Waals surface area contributed by atoms with E-state index in [-0.39, 0.29) is 0 Å². The van der Waals surface area contributed by atoms with Crippen molar-refractivity contribution < 1.29 is 0 Å². The monoisotopic (exact) mass is 271 g/mol. The van der Waals surface area contributed by atoms with Gasteiger partial charge in [-0.25, -0.2) is 0 Å². The fraction of sp³-hybridized carbons (Fsp3) is 0.200. The van der Waals surface area contributed by atoms with Gasteiger partial charge in [-0.2, -0.15) is 0 Å². The van der Waals surface area contributed by atoms with Crippen LogP contribution in [0.2, 0.25) is 0 Å². The van der Waals surface area contributed by atoms with Crippen molar-refractivity contribution >= 4 is 33.5 Å². The van der Waals surface area contributed by atoms with Gasteiger partial charge in [0, 0.05) is 14.8 Å². The lowest BCUT2D eigenvalue weighted by molar-refractivity contribution is 1.28. The molecule has 0 atom stereocenters. The molecule has 1 aromatic heterocycles. The molecular formula is C10H10IN. The van der Waals surface area contributed by atoms with Crippen LogP contribution in [0.15, 0.2) is 18.2 Å². The summed E-state index contributed by atoms with van der Waals surface area (Å²) in [7, 11) is 0. The third-order valence-corrected chi connectivity index (χ3v) is 3.29. The zero-order chi connectivity index (χ0) is 8.72. The summed E-state index contributed by atoms with van der Waals surface area (Å²) in [6.07, 6.45) is 0. The van der Waals surface area contributed by atoms with Crippen LogP contribution < -0.4 is 0 Å². The second kappa shape index (κ2) is 2.76. The highest BCUT2D eigenvalue weighted by molar-refractivity contribution is 14.1. The summed E-state index contributed by atoms with van der Waals surface area (Å²) in [5.41, 5.74) is 3.86. The van der Waals surface area contributed by atoms with E-state index in [2.05, 4.69) is 59.6 Å². The second-order valence-corrected chi connectivity index (χ2v) is 4.25. The predicted octanol–water partition coefficient (Wildman–Crippen LogP) is 3.39. The molecule has 62 valence electrons. The maximum absolute atomic E-state index is 3.36. The molecule has 2 rings (SSSR count). The van der Waals surface area contributed by atoms with Gasteiger partial charge in [-0.1, -0.05) is 6.07 Å². The molecule has 0 radical (unpaired) electrons. The van der Waals surface area contributed by atoms with Gasteiger partial charge in [0.1, 0.15) is 0 Å². The molecule has 0 aliphatic heterocycles. The van der Waals surface area contributed by atoms with Crippen molar-refractivity contribution in [2.45, 2.75) is 13.8 Å². The van der Waals surface area contributed by atoms with Gasteiger partial charge in [0.2, 0.25) is 0 Å². The van der Waals surface area contributed by atoms with Crippen molar-refractivity contribution in [2.24, 2.45) is 0 Å². The van der Waals surface area contributed by atoms with Crippen molar-refractivity contribution in [3.8, 4) is 0 Å². The molecule has 0 bridgehead atoms. The van der Waals surface area contributed by atoms with Gasteiger partial charge in [0.05, 0.1) is 0 Å². The number of fused-ring (bicyclic) bond motifs is 1. The highest BCUT2D eigenvalue weighted by Crippen LogP contribution is 2.22. The number of aryl methyl sites for hydroxylation is 2. The van der Waals surface area contributed by atoms with E-state index in [0.717, 1.165) is 0 Å². The highest BCUT2D eigenvalue weighted by atomic mass is 127. The Balaban J connectivity index is 2.89. The van der Waals surface area contributed by atoms with E-state index in [9.17, 15) is 0 Å². The SMILES string of the molecule is Cc1cc2ccc(I)c(C)c2[nH]1. The number of hydrogen-bond donors (Lipinski definition) is 1. The molecule has 2 heteroatoms. The minimum Gasteiger partial charge on any atom is -0.358 e. The normalized spacial score (nSPS) is 10.9. The Morgan fingerprint density at radius 1 is 1.25 bits per heavy atom. The Morgan fingerprint density at radius 2 is 2.00 bits per heavy atom. The summed E-state index contributed by atoms with van der Waals surface area (Å²) in [6, 6.07) is 6.50. The number of hydrogen-bond acceptors (Lipinski definition) is 0. The molecule has 1 heterocycles. The molecule has 0 aliphatic carbocycles. The third-order valence-electron chi connectivity index (χ3n) is 2.13. The molecule has 12 heavy (non-hydrogen) atoms. The molecule has 1 nitrogen and oxygen atoms in total. The molecular weight excluding hydrogens is 261 g/mol. The average molecular weight is 271 g/mol. The lowest BCUT2D eigenvalue weighted by atomic mass is 10.2. The van der Waals surface area contributed by atoms with Crippen LogP contribution in [0.25, 0.3) is 10.9 Å². The van der Waals surface area contributed by atoms with E-state index in [1.807, 2.05) is 0 Å². The average Bonchev–Trinajstić information content (AvgIpc) is 2.39. The van der Waals surface area contributed by atoms with E-state index >= 15 is 0 Å². The summed E-state index contributed by atoms with van der Waals surface area (Å²) >= 11 is 2.36. The molecule has 0 unspecified atom stereocenters. The minimum absolute atomic E-state index is 1.23. The maximum Gasteiger partial charge on any atom is 0.0496 e. The summed E-state index contributed by atoms with van der Waals surface area (Å²) in [6.45, 7) is 4.24. The first kappa shape index (κ1) is 8.10. The zero-order valence-corrected chi connectivity index (χ0v) is 9.27. The lowest BCUT2D eigenvalue weighted by Crippen LogP contribution is -1.81. The Morgan fingerprint density at radius 3 is 2.75 bits per heavy atom. The second-order valence-electron chi connectivity index (χ2n) is 3.09. The number of aromatic nitrogens is 1. The standard InChI is InChI=1S/C10H10IN/c1-6-5-8-3-4-9(11)7(2)10(8)12-6/h3-5,12H,1-2H3. The Hall–Kier alpha value is -0.510. The van der Waals surface area contributed by atoms with Crippen LogP contribution in [-0.4, -0.2) is 4.98 Å². The van der Waals surface area contributed by atoms with Crippen LogP contribution in [0.3, 0.4) is 0 Å². The number of benzene rings is 1. The Kier molecular flexibility index (Phi) is 1.87. The van der Waals surface area contributed by atoms with Crippen LogP contribution in [0.5, 0.6) is 0 Å². The van der Waals surface area contributed by atoms with Gasteiger partial charge in [0.25, 0.3) is 0 Å². The summed E-state index contributed by atoms with van der Waals surface area (Å²) in [5, 5.41) is 1.31. The summed E-state index contributed by atoms with van der Waals surface area (Å²) in [5.74, 6) is 0. The van der Waals surface area contributed by atoms with Gasteiger partial charge >= 0.3 is 0 Å². The van der Waals surface area contributed by atoms with Crippen molar-refractivity contribution in [3.05, 3.63) is 33.0 Å². The summed E-state index contributed by atoms with van der Waals surface area (Å²) in [4.78, 5) is 3.36. The minimum atomic E-state index is 1.23. The highest BCUT2D eigenvalue weighted by Gasteiger charge is 2.02. The van der Waals surface area contributed by atoms with Crippen molar-refractivity contribution in [3.63, 3.8) is 0 Å². The van der Waals surface area contributed by atoms with Gasteiger partial charge in [-0.05, 0) is 59.5 Å². The fourth-order valence-electron chi connectivity index (χ4n) is 1.46. The summed E-state index contributed by atoms with van der Waals surface area (Å²) < 4.78 is 1.32. The third kappa shape index (κ3) is 1.14. The molecule has 1 aromatic carbocycles. The van der Waals surface area contributed by atoms with Crippen molar-refractivity contribution in [1.82, 2.24) is 4.98 Å². The number of rotatable bonds is 0. The quantitative estimate of drug-likeness (QED) is 0.707. The van der Waals surface area contributed by atoms with E-state index in [4.69, 9.17) is 0 Å². The fourth-order valence-corrected chi connectivity index (χ4v) is 1.91. The van der Waals surface area contributed by atoms with Gasteiger partial charge < -0.3 is 4.98 Å². The number of H-pyrrole nitrogens is 1. The molecule has 0 spiro atoms. The molecule has 0 fully saturated rings. The van der Waals surface area contributed by atoms with Crippen molar-refractivity contribution in [1.29, 1.82) is 0 Å². The van der Waals surface area contributed by atoms with Crippen LogP contribution in [0.1, 0.15) is 11.3 Å².